The molecule has 1 aromatic rings. The predicted octanol–water partition coefficient (Wildman–Crippen LogP) is 1.75. The predicted molar refractivity (Wildman–Crippen MR) is 62.7 cm³/mol. The molecule has 0 aliphatic heterocycles. The lowest BCUT2D eigenvalue weighted by molar-refractivity contribution is -0.121. The topological polar surface area (TPSA) is 64.3 Å². The Bertz CT molecular complexity index is 341. The van der Waals surface area contributed by atoms with E-state index in [1.54, 1.807) is 12.1 Å². The van der Waals surface area contributed by atoms with Gasteiger partial charge in [-0.15, -0.1) is 0 Å². The molecule has 0 saturated carbocycles. The zero-order valence-electron chi connectivity index (χ0n) is 9.62. The van der Waals surface area contributed by atoms with Crippen LogP contribution in [0, 0.1) is 5.82 Å². The monoisotopic (exact) mass is 240 g/mol. The molecule has 0 saturated heterocycles. The van der Waals surface area contributed by atoms with Crippen LogP contribution in [0.4, 0.5) is 4.39 Å². The molecule has 0 unspecified atom stereocenters. The van der Waals surface area contributed by atoms with Gasteiger partial charge in [0, 0.05) is 6.42 Å². The second-order valence-electron chi connectivity index (χ2n) is 3.68. The molecule has 17 heavy (non-hydrogen) atoms. The first-order chi connectivity index (χ1) is 8.22. The van der Waals surface area contributed by atoms with E-state index in [-0.39, 0.29) is 11.7 Å². The number of rotatable bonds is 7. The minimum atomic E-state index is -0.273. The molecule has 0 heterocycles. The fourth-order valence-corrected chi connectivity index (χ4v) is 1.36. The van der Waals surface area contributed by atoms with Crippen molar-refractivity contribution in [3.63, 3.8) is 0 Å². The molecular formula is C12H17FN2O2. The second-order valence-corrected chi connectivity index (χ2v) is 3.68. The molecule has 0 bridgehead atoms. The number of carbonyl (C=O) groups excluding carboxylic acids is 1. The maximum atomic E-state index is 12.6. The first-order valence-electron chi connectivity index (χ1n) is 5.60. The van der Waals surface area contributed by atoms with Gasteiger partial charge in [-0.1, -0.05) is 0 Å². The van der Waals surface area contributed by atoms with Gasteiger partial charge in [-0.3, -0.25) is 10.2 Å². The number of halogens is 1. The van der Waals surface area contributed by atoms with Crippen LogP contribution in [0.5, 0.6) is 5.75 Å². The number of amides is 1. The lowest BCUT2D eigenvalue weighted by Gasteiger charge is -2.05. The zero-order valence-corrected chi connectivity index (χ0v) is 9.62. The van der Waals surface area contributed by atoms with Gasteiger partial charge in [0.25, 0.3) is 0 Å². The highest BCUT2D eigenvalue weighted by molar-refractivity contribution is 5.74. The highest BCUT2D eigenvalue weighted by atomic mass is 19.1. The average molecular weight is 240 g/mol. The van der Waals surface area contributed by atoms with Gasteiger partial charge in [0.15, 0.2) is 0 Å². The van der Waals surface area contributed by atoms with Crippen LogP contribution in [0.2, 0.25) is 0 Å². The molecular weight excluding hydrogens is 223 g/mol. The third kappa shape index (κ3) is 5.87. The zero-order chi connectivity index (χ0) is 12.5. The Morgan fingerprint density at radius 1 is 1.24 bits per heavy atom. The van der Waals surface area contributed by atoms with Crippen LogP contribution in [0.15, 0.2) is 24.3 Å². The van der Waals surface area contributed by atoms with Crippen molar-refractivity contribution in [3.8, 4) is 5.75 Å². The second kappa shape index (κ2) is 7.62. The number of nitrogens with two attached hydrogens (primary N) is 1. The minimum absolute atomic E-state index is 0.149. The van der Waals surface area contributed by atoms with E-state index in [4.69, 9.17) is 10.6 Å². The standard InChI is InChI=1S/C12H17FN2O2/c13-10-5-7-11(8-6-10)17-9-3-1-2-4-12(16)15-14/h5-8H,1-4,9,14H2,(H,15,16). The molecule has 1 aromatic carbocycles. The summed E-state index contributed by atoms with van der Waals surface area (Å²) in [5.74, 6) is 5.18. The lowest BCUT2D eigenvalue weighted by Crippen LogP contribution is -2.29. The summed E-state index contributed by atoms with van der Waals surface area (Å²) in [6.07, 6.45) is 2.98. The molecule has 0 spiro atoms. The number of nitrogens with one attached hydrogen (secondary N) is 1. The van der Waals surface area contributed by atoms with E-state index in [9.17, 15) is 9.18 Å². The Morgan fingerprint density at radius 2 is 1.94 bits per heavy atom. The maximum Gasteiger partial charge on any atom is 0.233 e. The summed E-state index contributed by atoms with van der Waals surface area (Å²) >= 11 is 0. The van der Waals surface area contributed by atoms with Crippen LogP contribution < -0.4 is 16.0 Å². The number of benzene rings is 1. The number of hydrogen-bond acceptors (Lipinski definition) is 3. The fraction of sp³-hybridized carbons (Fsp3) is 0.417. The molecule has 0 aliphatic carbocycles. The maximum absolute atomic E-state index is 12.6. The molecule has 0 fully saturated rings. The van der Waals surface area contributed by atoms with Crippen molar-refractivity contribution in [1.29, 1.82) is 0 Å². The van der Waals surface area contributed by atoms with Crippen LogP contribution in [0.1, 0.15) is 25.7 Å². The van der Waals surface area contributed by atoms with Gasteiger partial charge < -0.3 is 4.74 Å². The van der Waals surface area contributed by atoms with Crippen molar-refractivity contribution in [3.05, 3.63) is 30.1 Å². The molecule has 0 aliphatic rings. The summed E-state index contributed by atoms with van der Waals surface area (Å²) in [6.45, 7) is 0.565. The molecule has 0 aromatic heterocycles. The van der Waals surface area contributed by atoms with Gasteiger partial charge in [0.05, 0.1) is 6.61 Å². The van der Waals surface area contributed by atoms with Gasteiger partial charge in [-0.25, -0.2) is 10.2 Å². The summed E-state index contributed by atoms with van der Waals surface area (Å²) in [5, 5.41) is 0. The molecule has 5 heteroatoms. The smallest absolute Gasteiger partial charge is 0.233 e. The van der Waals surface area contributed by atoms with Crippen molar-refractivity contribution < 1.29 is 13.9 Å². The van der Waals surface area contributed by atoms with E-state index >= 15 is 0 Å². The summed E-state index contributed by atoms with van der Waals surface area (Å²) in [7, 11) is 0. The van der Waals surface area contributed by atoms with E-state index in [0.717, 1.165) is 19.3 Å². The van der Waals surface area contributed by atoms with Crippen molar-refractivity contribution in [2.75, 3.05) is 6.61 Å². The minimum Gasteiger partial charge on any atom is -0.494 e. The summed E-state index contributed by atoms with van der Waals surface area (Å²) in [4.78, 5) is 10.8. The van der Waals surface area contributed by atoms with Gasteiger partial charge >= 0.3 is 0 Å². The van der Waals surface area contributed by atoms with E-state index in [2.05, 4.69) is 5.43 Å². The fourth-order valence-electron chi connectivity index (χ4n) is 1.36. The number of hydrazine groups is 1. The Kier molecular flexibility index (Phi) is 6.03. The van der Waals surface area contributed by atoms with Crippen molar-refractivity contribution in [2.24, 2.45) is 5.84 Å². The first-order valence-corrected chi connectivity index (χ1v) is 5.60. The van der Waals surface area contributed by atoms with Crippen LogP contribution in [-0.2, 0) is 4.79 Å². The summed E-state index contributed by atoms with van der Waals surface area (Å²) in [6, 6.07) is 5.91. The molecule has 94 valence electrons. The summed E-state index contributed by atoms with van der Waals surface area (Å²) in [5.41, 5.74) is 2.08. The van der Waals surface area contributed by atoms with Crippen molar-refractivity contribution in [2.45, 2.75) is 25.7 Å². The van der Waals surface area contributed by atoms with Crippen LogP contribution in [-0.4, -0.2) is 12.5 Å². The van der Waals surface area contributed by atoms with Crippen LogP contribution in [0.3, 0.4) is 0 Å². The third-order valence-corrected chi connectivity index (χ3v) is 2.29. The normalized spacial score (nSPS) is 10.0. The lowest BCUT2D eigenvalue weighted by atomic mass is 10.2. The largest absolute Gasteiger partial charge is 0.494 e. The van der Waals surface area contributed by atoms with E-state index in [1.807, 2.05) is 0 Å². The Hall–Kier alpha value is -1.62. The molecule has 1 amide bonds. The molecule has 0 atom stereocenters. The quantitative estimate of drug-likeness (QED) is 0.330. The number of unbranched alkanes of at least 4 members (excludes halogenated alkanes) is 2. The molecule has 4 nitrogen and oxygen atoms in total. The van der Waals surface area contributed by atoms with Crippen molar-refractivity contribution in [1.82, 2.24) is 5.43 Å². The van der Waals surface area contributed by atoms with Gasteiger partial charge in [0.1, 0.15) is 11.6 Å². The third-order valence-electron chi connectivity index (χ3n) is 2.29. The van der Waals surface area contributed by atoms with Gasteiger partial charge in [-0.05, 0) is 43.5 Å². The Labute approximate surface area is 99.9 Å². The average Bonchev–Trinajstić information content (AvgIpc) is 2.35. The summed E-state index contributed by atoms with van der Waals surface area (Å²) < 4.78 is 18.0. The molecule has 1 rings (SSSR count). The number of ether oxygens (including phenoxy) is 1. The molecule has 0 radical (unpaired) electrons. The number of carbonyl (C=O) groups is 1. The van der Waals surface area contributed by atoms with Gasteiger partial charge in [0.2, 0.25) is 5.91 Å². The van der Waals surface area contributed by atoms with E-state index in [0.29, 0.717) is 18.8 Å². The van der Waals surface area contributed by atoms with Gasteiger partial charge in [-0.2, -0.15) is 0 Å². The van der Waals surface area contributed by atoms with E-state index in [1.165, 1.54) is 12.1 Å². The Balaban J connectivity index is 2.04. The SMILES string of the molecule is NNC(=O)CCCCCOc1ccc(F)cc1. The van der Waals surface area contributed by atoms with Crippen LogP contribution >= 0.6 is 0 Å². The van der Waals surface area contributed by atoms with Crippen LogP contribution in [0.25, 0.3) is 0 Å². The molecule has 3 N–H and O–H groups in total. The Morgan fingerprint density at radius 3 is 2.59 bits per heavy atom. The highest BCUT2D eigenvalue weighted by Crippen LogP contribution is 2.11. The number of hydrogen-bond donors (Lipinski definition) is 2. The van der Waals surface area contributed by atoms with E-state index < -0.39 is 0 Å². The first kappa shape index (κ1) is 13.4. The highest BCUT2D eigenvalue weighted by Gasteiger charge is 1.98. The van der Waals surface area contributed by atoms with Crippen molar-refractivity contribution >= 4 is 5.91 Å².